The van der Waals surface area contributed by atoms with Crippen LogP contribution in [0.25, 0.3) is 11.3 Å². The molecule has 3 rings (SSSR count). The number of hydrogen-bond donors (Lipinski definition) is 2. The molecule has 29 heavy (non-hydrogen) atoms. The van der Waals surface area contributed by atoms with Crippen molar-refractivity contribution in [2.24, 2.45) is 0 Å². The van der Waals surface area contributed by atoms with Gasteiger partial charge < -0.3 is 10.2 Å². The number of benzene rings is 2. The van der Waals surface area contributed by atoms with Crippen molar-refractivity contribution in [1.29, 1.82) is 0 Å². The van der Waals surface area contributed by atoms with Crippen molar-refractivity contribution in [1.82, 2.24) is 4.98 Å². The van der Waals surface area contributed by atoms with E-state index in [1.54, 1.807) is 5.38 Å². The highest BCUT2D eigenvalue weighted by atomic mass is 32.1. The summed E-state index contributed by atoms with van der Waals surface area (Å²) in [5, 5.41) is 5.35. The smallest absolute Gasteiger partial charge is 0.279 e. The molecule has 4 nitrogen and oxygen atoms in total. The minimum absolute atomic E-state index is 0.0884. The highest BCUT2D eigenvalue weighted by molar-refractivity contribution is 7.09. The maximum absolute atomic E-state index is 13.9. The summed E-state index contributed by atoms with van der Waals surface area (Å²) in [6, 6.07) is 7.84. The molecule has 1 amide bonds. The van der Waals surface area contributed by atoms with Crippen molar-refractivity contribution in [2.45, 2.75) is 27.3 Å². The number of halogens is 2. The molecule has 0 aliphatic heterocycles. The number of anilines is 1. The first-order valence-electron chi connectivity index (χ1n) is 9.32. The van der Waals surface area contributed by atoms with Gasteiger partial charge in [-0.2, -0.15) is 0 Å². The Kier molecular flexibility index (Phi) is 6.39. The van der Waals surface area contributed by atoms with Crippen LogP contribution in [0.2, 0.25) is 0 Å². The van der Waals surface area contributed by atoms with Crippen LogP contribution in [0.4, 0.5) is 14.5 Å². The predicted octanol–water partition coefficient (Wildman–Crippen LogP) is 3.67. The van der Waals surface area contributed by atoms with Gasteiger partial charge in [-0.25, -0.2) is 13.8 Å². The number of thiazole rings is 1. The summed E-state index contributed by atoms with van der Waals surface area (Å²) in [6.07, 6.45) is 0. The van der Waals surface area contributed by atoms with Crippen LogP contribution in [0.3, 0.4) is 0 Å². The minimum atomic E-state index is -0.634. The summed E-state index contributed by atoms with van der Waals surface area (Å²) in [4.78, 5) is 17.8. The zero-order chi connectivity index (χ0) is 21.1. The zero-order valence-electron chi connectivity index (χ0n) is 16.9. The van der Waals surface area contributed by atoms with E-state index in [0.717, 1.165) is 32.3 Å². The van der Waals surface area contributed by atoms with Crippen LogP contribution in [0, 0.1) is 32.4 Å². The standard InChI is InChI=1S/C22H23F2N3OS/c1-13-8-14(2)22(15(3)9-13)26-19(28)10-27(4)11-20-25-18(12-29-20)21-16(23)6-5-7-17(21)24/h5-9,12H,10-11H2,1-4H3,(H,26,28)/p+1. The largest absolute Gasteiger partial charge is 0.324 e. The maximum Gasteiger partial charge on any atom is 0.279 e. The van der Waals surface area contributed by atoms with Gasteiger partial charge in [0.05, 0.1) is 18.3 Å². The Labute approximate surface area is 173 Å². The Balaban J connectivity index is 1.64. The molecule has 152 valence electrons. The molecule has 1 aromatic heterocycles. The fraction of sp³-hybridized carbons (Fsp3) is 0.273. The SMILES string of the molecule is Cc1cc(C)c(NC(=O)C[NH+](C)Cc2nc(-c3c(F)cccc3F)cs2)c(C)c1. The van der Waals surface area contributed by atoms with Crippen molar-refractivity contribution in [3.8, 4) is 11.3 Å². The summed E-state index contributed by atoms with van der Waals surface area (Å²) < 4.78 is 27.9. The molecular formula is C22H24F2N3OS+. The number of aryl methyl sites for hydroxylation is 3. The first-order valence-corrected chi connectivity index (χ1v) is 10.2. The van der Waals surface area contributed by atoms with Crippen LogP contribution in [0.1, 0.15) is 21.7 Å². The first-order chi connectivity index (χ1) is 13.7. The molecule has 2 aromatic carbocycles. The molecule has 1 unspecified atom stereocenters. The number of quaternary nitrogens is 1. The van der Waals surface area contributed by atoms with Gasteiger partial charge in [-0.3, -0.25) is 4.79 Å². The lowest BCUT2D eigenvalue weighted by atomic mass is 10.1. The summed E-state index contributed by atoms with van der Waals surface area (Å²) in [7, 11) is 1.89. The Morgan fingerprint density at radius 3 is 2.38 bits per heavy atom. The second-order valence-corrected chi connectivity index (χ2v) is 8.30. The summed E-state index contributed by atoms with van der Waals surface area (Å²) in [6.45, 7) is 6.73. The van der Waals surface area contributed by atoms with E-state index in [0.29, 0.717) is 6.54 Å². The van der Waals surface area contributed by atoms with Gasteiger partial charge in [-0.1, -0.05) is 23.8 Å². The number of likely N-dealkylation sites (N-methyl/N-ethyl adjacent to an activating group) is 1. The Morgan fingerprint density at radius 2 is 1.76 bits per heavy atom. The highest BCUT2D eigenvalue weighted by Gasteiger charge is 2.18. The van der Waals surface area contributed by atoms with Gasteiger partial charge in [-0.05, 0) is 44.0 Å². The number of amides is 1. The molecule has 2 N–H and O–H groups in total. The van der Waals surface area contributed by atoms with Gasteiger partial charge >= 0.3 is 0 Å². The first kappa shape index (κ1) is 21.1. The van der Waals surface area contributed by atoms with Crippen LogP contribution in [-0.2, 0) is 11.3 Å². The maximum atomic E-state index is 13.9. The van der Waals surface area contributed by atoms with Crippen molar-refractivity contribution in [3.63, 3.8) is 0 Å². The quantitative estimate of drug-likeness (QED) is 0.644. The molecule has 0 aliphatic rings. The number of rotatable bonds is 6. The van der Waals surface area contributed by atoms with Crippen molar-refractivity contribution in [3.05, 3.63) is 69.0 Å². The normalized spacial score (nSPS) is 12.1. The molecule has 0 aliphatic carbocycles. The predicted molar refractivity (Wildman–Crippen MR) is 112 cm³/mol. The monoisotopic (exact) mass is 416 g/mol. The van der Waals surface area contributed by atoms with Crippen molar-refractivity contribution >= 4 is 22.9 Å². The van der Waals surface area contributed by atoms with E-state index in [9.17, 15) is 13.6 Å². The summed E-state index contributed by atoms with van der Waals surface area (Å²) >= 11 is 1.33. The molecule has 1 heterocycles. The van der Waals surface area contributed by atoms with Crippen LogP contribution in [0.5, 0.6) is 0 Å². The van der Waals surface area contributed by atoms with Crippen molar-refractivity contribution in [2.75, 3.05) is 18.9 Å². The molecule has 0 saturated heterocycles. The Hall–Kier alpha value is -2.64. The van der Waals surface area contributed by atoms with E-state index < -0.39 is 11.6 Å². The van der Waals surface area contributed by atoms with Gasteiger partial charge in [0.1, 0.15) is 23.2 Å². The Morgan fingerprint density at radius 1 is 1.14 bits per heavy atom. The van der Waals surface area contributed by atoms with E-state index >= 15 is 0 Å². The second-order valence-electron chi connectivity index (χ2n) is 7.36. The van der Waals surface area contributed by atoms with Crippen LogP contribution >= 0.6 is 11.3 Å². The highest BCUT2D eigenvalue weighted by Crippen LogP contribution is 2.27. The molecule has 0 fully saturated rings. The lowest BCUT2D eigenvalue weighted by Gasteiger charge is -2.15. The number of nitrogens with zero attached hydrogens (tertiary/aromatic N) is 1. The molecule has 3 aromatic rings. The number of carbonyl (C=O) groups excluding carboxylic acids is 1. The lowest BCUT2D eigenvalue weighted by Crippen LogP contribution is -3.08. The van der Waals surface area contributed by atoms with Gasteiger partial charge in [0.2, 0.25) is 0 Å². The van der Waals surface area contributed by atoms with E-state index in [1.165, 1.54) is 29.5 Å². The van der Waals surface area contributed by atoms with Crippen LogP contribution < -0.4 is 10.2 Å². The van der Waals surface area contributed by atoms with Gasteiger partial charge in [0, 0.05) is 11.1 Å². The van der Waals surface area contributed by atoms with E-state index in [2.05, 4.69) is 10.3 Å². The molecule has 0 saturated carbocycles. The van der Waals surface area contributed by atoms with Crippen molar-refractivity contribution < 1.29 is 18.5 Å². The number of aromatic nitrogens is 1. The topological polar surface area (TPSA) is 46.4 Å². The lowest BCUT2D eigenvalue weighted by molar-refractivity contribution is -0.885. The van der Waals surface area contributed by atoms with Gasteiger partial charge in [-0.15, -0.1) is 11.3 Å². The fourth-order valence-corrected chi connectivity index (χ4v) is 4.30. The van der Waals surface area contributed by atoms with Crippen LogP contribution in [-0.4, -0.2) is 24.5 Å². The zero-order valence-corrected chi connectivity index (χ0v) is 17.7. The minimum Gasteiger partial charge on any atom is -0.324 e. The van der Waals surface area contributed by atoms with E-state index in [1.807, 2.05) is 40.0 Å². The molecule has 0 spiro atoms. The molecule has 0 radical (unpaired) electrons. The van der Waals surface area contributed by atoms with E-state index in [4.69, 9.17) is 0 Å². The third-order valence-electron chi connectivity index (χ3n) is 4.63. The molecule has 7 heteroatoms. The third-order valence-corrected chi connectivity index (χ3v) is 5.48. The molecule has 0 bridgehead atoms. The number of nitrogens with one attached hydrogen (secondary N) is 2. The molecule has 1 atom stereocenters. The van der Waals surface area contributed by atoms with E-state index in [-0.39, 0.29) is 23.7 Å². The Bertz CT molecular complexity index is 1010. The summed E-state index contributed by atoms with van der Waals surface area (Å²) in [5.41, 5.74) is 4.24. The third kappa shape index (κ3) is 5.05. The van der Waals surface area contributed by atoms with Crippen LogP contribution in [0.15, 0.2) is 35.7 Å². The average molecular weight is 417 g/mol. The fourth-order valence-electron chi connectivity index (χ4n) is 3.40. The number of carbonyl (C=O) groups is 1. The second kappa shape index (κ2) is 8.80. The average Bonchev–Trinajstić information content (AvgIpc) is 3.05. The molecular weight excluding hydrogens is 392 g/mol. The van der Waals surface area contributed by atoms with Gasteiger partial charge in [0.25, 0.3) is 5.91 Å². The number of hydrogen-bond acceptors (Lipinski definition) is 3. The summed E-state index contributed by atoms with van der Waals surface area (Å²) in [5.74, 6) is -1.36. The van der Waals surface area contributed by atoms with Gasteiger partial charge in [0.15, 0.2) is 6.54 Å².